The standard InChI is InChI=1S/C26H32N2O2/c1-4-6-7-8-13-21-15-17-22(18-16-21)26(29)30-25-19-23(11-5-2)27-28(25)24-14-10-9-12-20(24)3/h9-10,12,14-19H,4-8,11,13H2,1-3H3. The summed E-state index contributed by atoms with van der Waals surface area (Å²) < 4.78 is 7.52. The lowest BCUT2D eigenvalue weighted by atomic mass is 10.0. The number of hydrogen-bond acceptors (Lipinski definition) is 3. The number of esters is 1. The van der Waals surface area contributed by atoms with Crippen molar-refractivity contribution in [2.75, 3.05) is 0 Å². The second-order valence-corrected chi connectivity index (χ2v) is 7.82. The molecule has 1 heterocycles. The Balaban J connectivity index is 1.75. The van der Waals surface area contributed by atoms with Gasteiger partial charge in [0.05, 0.1) is 16.9 Å². The van der Waals surface area contributed by atoms with Gasteiger partial charge >= 0.3 is 5.97 Å². The largest absolute Gasteiger partial charge is 0.404 e. The van der Waals surface area contributed by atoms with Crippen molar-refractivity contribution in [3.63, 3.8) is 0 Å². The van der Waals surface area contributed by atoms with Gasteiger partial charge in [0.15, 0.2) is 0 Å². The molecule has 0 radical (unpaired) electrons. The fraction of sp³-hybridized carbons (Fsp3) is 0.385. The lowest BCUT2D eigenvalue weighted by Crippen LogP contribution is -2.12. The van der Waals surface area contributed by atoms with E-state index in [9.17, 15) is 4.79 Å². The Morgan fingerprint density at radius 1 is 0.933 bits per heavy atom. The van der Waals surface area contributed by atoms with E-state index in [1.807, 2.05) is 61.5 Å². The van der Waals surface area contributed by atoms with Crippen molar-refractivity contribution in [2.24, 2.45) is 0 Å². The van der Waals surface area contributed by atoms with Crippen LogP contribution in [-0.4, -0.2) is 15.7 Å². The Kier molecular flexibility index (Phi) is 7.83. The second-order valence-electron chi connectivity index (χ2n) is 7.82. The van der Waals surface area contributed by atoms with Crippen molar-refractivity contribution in [2.45, 2.75) is 65.7 Å². The van der Waals surface area contributed by atoms with E-state index < -0.39 is 0 Å². The summed E-state index contributed by atoms with van der Waals surface area (Å²) in [4.78, 5) is 12.8. The molecule has 0 fully saturated rings. The van der Waals surface area contributed by atoms with Gasteiger partial charge in [0.25, 0.3) is 0 Å². The molecule has 0 bridgehead atoms. The Bertz CT molecular complexity index is 957. The van der Waals surface area contributed by atoms with E-state index in [4.69, 9.17) is 4.74 Å². The monoisotopic (exact) mass is 404 g/mol. The minimum Gasteiger partial charge on any atom is -0.404 e. The Labute approximate surface area is 179 Å². The first-order valence-corrected chi connectivity index (χ1v) is 11.1. The highest BCUT2D eigenvalue weighted by Crippen LogP contribution is 2.24. The normalized spacial score (nSPS) is 10.9. The van der Waals surface area contributed by atoms with Crippen molar-refractivity contribution in [1.29, 1.82) is 0 Å². The molecule has 3 rings (SSSR count). The summed E-state index contributed by atoms with van der Waals surface area (Å²) in [5, 5.41) is 4.68. The highest BCUT2D eigenvalue weighted by molar-refractivity contribution is 5.91. The van der Waals surface area contributed by atoms with Gasteiger partial charge in [0, 0.05) is 6.07 Å². The minimum absolute atomic E-state index is 0.356. The number of hydrogen-bond donors (Lipinski definition) is 0. The van der Waals surface area contributed by atoms with Crippen LogP contribution < -0.4 is 4.74 Å². The van der Waals surface area contributed by atoms with E-state index in [1.54, 1.807) is 4.68 Å². The maximum absolute atomic E-state index is 12.8. The van der Waals surface area contributed by atoms with Gasteiger partial charge in [0.2, 0.25) is 5.88 Å². The third-order valence-corrected chi connectivity index (χ3v) is 5.28. The van der Waals surface area contributed by atoms with E-state index in [0.29, 0.717) is 11.4 Å². The fourth-order valence-electron chi connectivity index (χ4n) is 3.55. The summed E-state index contributed by atoms with van der Waals surface area (Å²) in [6.45, 7) is 6.36. The zero-order valence-corrected chi connectivity index (χ0v) is 18.4. The van der Waals surface area contributed by atoms with Crippen LogP contribution in [0.15, 0.2) is 54.6 Å². The van der Waals surface area contributed by atoms with Gasteiger partial charge in [-0.15, -0.1) is 0 Å². The summed E-state index contributed by atoms with van der Waals surface area (Å²) in [7, 11) is 0. The van der Waals surface area contributed by atoms with Gasteiger partial charge in [-0.1, -0.05) is 69.9 Å². The van der Waals surface area contributed by atoms with Crippen LogP contribution in [0.25, 0.3) is 5.69 Å². The quantitative estimate of drug-likeness (QED) is 0.287. The number of aryl methyl sites for hydroxylation is 3. The number of benzene rings is 2. The third kappa shape index (κ3) is 5.59. The predicted octanol–water partition coefficient (Wildman–Crippen LogP) is 6.48. The molecule has 0 amide bonds. The molecule has 0 aliphatic heterocycles. The SMILES string of the molecule is CCCCCCc1ccc(C(=O)Oc2cc(CCC)nn2-c2ccccc2C)cc1. The molecular formula is C26H32N2O2. The van der Waals surface area contributed by atoms with Crippen LogP contribution in [0, 0.1) is 6.92 Å². The molecule has 4 heteroatoms. The Morgan fingerprint density at radius 2 is 1.70 bits per heavy atom. The van der Waals surface area contributed by atoms with Crippen molar-refractivity contribution >= 4 is 5.97 Å². The fourth-order valence-corrected chi connectivity index (χ4v) is 3.55. The average Bonchev–Trinajstić information content (AvgIpc) is 3.14. The predicted molar refractivity (Wildman–Crippen MR) is 122 cm³/mol. The molecule has 30 heavy (non-hydrogen) atoms. The number of aromatic nitrogens is 2. The topological polar surface area (TPSA) is 44.1 Å². The molecule has 0 aliphatic rings. The van der Waals surface area contributed by atoms with Gasteiger partial charge in [0.1, 0.15) is 0 Å². The zero-order chi connectivity index (χ0) is 21.3. The summed E-state index contributed by atoms with van der Waals surface area (Å²) in [6, 6.07) is 17.6. The van der Waals surface area contributed by atoms with Crippen molar-refractivity contribution < 1.29 is 9.53 Å². The van der Waals surface area contributed by atoms with Crippen LogP contribution in [0.4, 0.5) is 0 Å². The number of nitrogens with zero attached hydrogens (tertiary/aromatic N) is 2. The van der Waals surface area contributed by atoms with E-state index >= 15 is 0 Å². The number of unbranched alkanes of at least 4 members (excludes halogenated alkanes) is 3. The Morgan fingerprint density at radius 3 is 2.40 bits per heavy atom. The van der Waals surface area contributed by atoms with Gasteiger partial charge < -0.3 is 4.74 Å². The first-order chi connectivity index (χ1) is 14.6. The van der Waals surface area contributed by atoms with E-state index in [-0.39, 0.29) is 5.97 Å². The molecule has 0 N–H and O–H groups in total. The zero-order valence-electron chi connectivity index (χ0n) is 18.4. The van der Waals surface area contributed by atoms with Crippen LogP contribution in [0.2, 0.25) is 0 Å². The smallest absolute Gasteiger partial charge is 0.344 e. The second kappa shape index (κ2) is 10.8. The number of carbonyl (C=O) groups is 1. The molecule has 1 aromatic heterocycles. The lowest BCUT2D eigenvalue weighted by molar-refractivity contribution is 0.0723. The molecule has 0 unspecified atom stereocenters. The first-order valence-electron chi connectivity index (χ1n) is 11.1. The van der Waals surface area contributed by atoms with Crippen LogP contribution >= 0.6 is 0 Å². The van der Waals surface area contributed by atoms with Crippen LogP contribution in [0.1, 0.15) is 73.1 Å². The highest BCUT2D eigenvalue weighted by atomic mass is 16.5. The molecule has 4 nitrogen and oxygen atoms in total. The van der Waals surface area contributed by atoms with Crippen LogP contribution in [-0.2, 0) is 12.8 Å². The summed E-state index contributed by atoms with van der Waals surface area (Å²) in [6.07, 6.45) is 7.84. The summed E-state index contributed by atoms with van der Waals surface area (Å²) >= 11 is 0. The maximum atomic E-state index is 12.8. The van der Waals surface area contributed by atoms with E-state index in [0.717, 1.165) is 36.2 Å². The van der Waals surface area contributed by atoms with E-state index in [1.165, 1.54) is 31.2 Å². The first kappa shape index (κ1) is 21.8. The third-order valence-electron chi connectivity index (χ3n) is 5.28. The van der Waals surface area contributed by atoms with Gasteiger partial charge in [-0.05, 0) is 55.5 Å². The van der Waals surface area contributed by atoms with Gasteiger partial charge in [-0.25, -0.2) is 9.48 Å². The maximum Gasteiger partial charge on any atom is 0.344 e. The lowest BCUT2D eigenvalue weighted by Gasteiger charge is -2.10. The van der Waals surface area contributed by atoms with Gasteiger partial charge in [-0.2, -0.15) is 5.10 Å². The number of rotatable bonds is 10. The molecule has 158 valence electrons. The molecule has 0 aliphatic carbocycles. The van der Waals surface area contributed by atoms with Crippen molar-refractivity contribution in [1.82, 2.24) is 9.78 Å². The number of para-hydroxylation sites is 1. The van der Waals surface area contributed by atoms with Gasteiger partial charge in [-0.3, -0.25) is 0 Å². The van der Waals surface area contributed by atoms with Crippen molar-refractivity contribution in [3.05, 3.63) is 77.0 Å². The molecule has 2 aromatic carbocycles. The molecule has 0 saturated heterocycles. The minimum atomic E-state index is -0.356. The molecule has 0 saturated carbocycles. The Hall–Kier alpha value is -2.88. The molecule has 0 atom stereocenters. The summed E-state index contributed by atoms with van der Waals surface area (Å²) in [5.74, 6) is 0.103. The average molecular weight is 405 g/mol. The summed E-state index contributed by atoms with van der Waals surface area (Å²) in [5.41, 5.74) is 4.74. The van der Waals surface area contributed by atoms with Crippen LogP contribution in [0.3, 0.4) is 0 Å². The van der Waals surface area contributed by atoms with Crippen molar-refractivity contribution in [3.8, 4) is 11.6 Å². The van der Waals surface area contributed by atoms with E-state index in [2.05, 4.69) is 18.9 Å². The van der Waals surface area contributed by atoms with Crippen LogP contribution in [0.5, 0.6) is 5.88 Å². The highest BCUT2D eigenvalue weighted by Gasteiger charge is 2.17. The number of carbonyl (C=O) groups excluding carboxylic acids is 1. The number of ether oxygens (including phenoxy) is 1. The molecular weight excluding hydrogens is 372 g/mol. The molecule has 0 spiro atoms. The molecule has 3 aromatic rings.